The van der Waals surface area contributed by atoms with E-state index in [9.17, 15) is 18.4 Å². The first-order valence-corrected chi connectivity index (χ1v) is 6.88. The molecule has 0 radical (unpaired) electrons. The number of benzene rings is 1. The Balaban J connectivity index is 2.81. The molecule has 0 aliphatic heterocycles. The van der Waals surface area contributed by atoms with Crippen molar-refractivity contribution in [3.8, 4) is 0 Å². The van der Waals surface area contributed by atoms with Crippen LogP contribution >= 0.6 is 0 Å². The van der Waals surface area contributed by atoms with Gasteiger partial charge in [-0.15, -0.1) is 0 Å². The highest BCUT2D eigenvalue weighted by Gasteiger charge is 2.26. The zero-order valence-electron chi connectivity index (χ0n) is 13.1. The van der Waals surface area contributed by atoms with Crippen molar-refractivity contribution in [2.24, 2.45) is 5.41 Å². The monoisotopic (exact) mass is 314 g/mol. The number of ether oxygens (including phenoxy) is 2. The Kier molecular flexibility index (Phi) is 6.02. The summed E-state index contributed by atoms with van der Waals surface area (Å²) in [7, 11) is 0. The molecule has 6 heteroatoms. The normalized spacial score (nSPS) is 12.6. The van der Waals surface area contributed by atoms with Crippen molar-refractivity contribution >= 4 is 11.9 Å². The van der Waals surface area contributed by atoms with Gasteiger partial charge in [-0.05, 0) is 32.9 Å². The SMILES string of the molecule is CC(=O)O[C@H](COC(=O)C(C)(C)C)Cc1c(F)cccc1F. The largest absolute Gasteiger partial charge is 0.461 e. The topological polar surface area (TPSA) is 52.6 Å². The molecular weight excluding hydrogens is 294 g/mol. The summed E-state index contributed by atoms with van der Waals surface area (Å²) in [4.78, 5) is 22.8. The average molecular weight is 314 g/mol. The van der Waals surface area contributed by atoms with Crippen LogP contribution in [0.5, 0.6) is 0 Å². The smallest absolute Gasteiger partial charge is 0.311 e. The quantitative estimate of drug-likeness (QED) is 0.784. The summed E-state index contributed by atoms with van der Waals surface area (Å²) in [5.41, 5.74) is -0.926. The molecule has 0 N–H and O–H groups in total. The molecule has 1 atom stereocenters. The van der Waals surface area contributed by atoms with Gasteiger partial charge >= 0.3 is 11.9 Å². The van der Waals surface area contributed by atoms with Gasteiger partial charge in [0.2, 0.25) is 0 Å². The second-order valence-electron chi connectivity index (χ2n) is 5.98. The number of carbonyl (C=O) groups is 2. The molecule has 0 fully saturated rings. The Morgan fingerprint density at radius 2 is 1.73 bits per heavy atom. The van der Waals surface area contributed by atoms with Crippen LogP contribution in [-0.2, 0) is 25.5 Å². The fourth-order valence-electron chi connectivity index (χ4n) is 1.71. The highest BCUT2D eigenvalue weighted by atomic mass is 19.1. The minimum atomic E-state index is -0.949. The Morgan fingerprint density at radius 3 is 2.18 bits per heavy atom. The molecule has 0 unspecified atom stereocenters. The van der Waals surface area contributed by atoms with Crippen LogP contribution in [0.3, 0.4) is 0 Å². The van der Waals surface area contributed by atoms with Gasteiger partial charge in [0.25, 0.3) is 0 Å². The molecule has 0 heterocycles. The van der Waals surface area contributed by atoms with E-state index in [0.29, 0.717) is 0 Å². The van der Waals surface area contributed by atoms with Gasteiger partial charge in [0.05, 0.1) is 5.41 Å². The van der Waals surface area contributed by atoms with E-state index < -0.39 is 35.1 Å². The fourth-order valence-corrected chi connectivity index (χ4v) is 1.71. The van der Waals surface area contributed by atoms with Crippen molar-refractivity contribution < 1.29 is 27.8 Å². The average Bonchev–Trinajstić information content (AvgIpc) is 2.38. The summed E-state index contributed by atoms with van der Waals surface area (Å²) in [6, 6.07) is 3.48. The van der Waals surface area contributed by atoms with Gasteiger partial charge < -0.3 is 9.47 Å². The third kappa shape index (κ3) is 5.42. The molecule has 0 bridgehead atoms. The molecule has 1 aromatic carbocycles. The lowest BCUT2D eigenvalue weighted by Crippen LogP contribution is -2.31. The Hall–Kier alpha value is -1.98. The lowest BCUT2D eigenvalue weighted by molar-refractivity contribution is -0.162. The van der Waals surface area contributed by atoms with Crippen molar-refractivity contribution in [3.05, 3.63) is 35.4 Å². The summed E-state index contributed by atoms with van der Waals surface area (Å²) in [6.07, 6.45) is -1.16. The molecular formula is C16H20F2O4. The molecule has 0 spiro atoms. The van der Waals surface area contributed by atoms with E-state index in [4.69, 9.17) is 9.47 Å². The number of rotatable bonds is 5. The first-order valence-electron chi connectivity index (χ1n) is 6.88. The van der Waals surface area contributed by atoms with Gasteiger partial charge in [-0.2, -0.15) is 0 Å². The number of hydrogen-bond acceptors (Lipinski definition) is 4. The van der Waals surface area contributed by atoms with Crippen LogP contribution in [-0.4, -0.2) is 24.6 Å². The molecule has 22 heavy (non-hydrogen) atoms. The standard InChI is InChI=1S/C16H20F2O4/c1-10(19)22-11(9-21-15(20)16(2,3)4)8-12-13(17)6-5-7-14(12)18/h5-7,11H,8-9H2,1-4H3/t11-/m0/s1. The first kappa shape index (κ1) is 18.1. The van der Waals surface area contributed by atoms with Crippen LogP contribution in [0.4, 0.5) is 8.78 Å². The summed E-state index contributed by atoms with van der Waals surface area (Å²) in [5, 5.41) is 0. The summed E-state index contributed by atoms with van der Waals surface area (Å²) in [5.74, 6) is -2.58. The number of esters is 2. The second kappa shape index (κ2) is 7.33. The summed E-state index contributed by atoms with van der Waals surface area (Å²) < 4.78 is 37.3. The zero-order valence-corrected chi connectivity index (χ0v) is 13.1. The summed E-state index contributed by atoms with van der Waals surface area (Å²) >= 11 is 0. The molecule has 0 saturated heterocycles. The van der Waals surface area contributed by atoms with Crippen molar-refractivity contribution in [2.75, 3.05) is 6.61 Å². The van der Waals surface area contributed by atoms with Crippen LogP contribution in [0.2, 0.25) is 0 Å². The number of halogens is 2. The van der Waals surface area contributed by atoms with Crippen LogP contribution < -0.4 is 0 Å². The van der Waals surface area contributed by atoms with E-state index in [0.717, 1.165) is 12.1 Å². The Labute approximate surface area is 128 Å². The molecule has 4 nitrogen and oxygen atoms in total. The minimum Gasteiger partial charge on any atom is -0.461 e. The van der Waals surface area contributed by atoms with Crippen molar-refractivity contribution in [1.82, 2.24) is 0 Å². The highest BCUT2D eigenvalue weighted by molar-refractivity contribution is 5.75. The van der Waals surface area contributed by atoms with E-state index in [2.05, 4.69) is 0 Å². The molecule has 1 rings (SSSR count). The minimum absolute atomic E-state index is 0.208. The predicted octanol–water partition coefficient (Wildman–Crippen LogP) is 3.03. The molecule has 0 saturated carbocycles. The van der Waals surface area contributed by atoms with Gasteiger partial charge in [0.1, 0.15) is 24.3 Å². The van der Waals surface area contributed by atoms with Crippen molar-refractivity contribution in [3.63, 3.8) is 0 Å². The third-order valence-corrected chi connectivity index (χ3v) is 2.84. The molecule has 0 aromatic heterocycles. The van der Waals surface area contributed by atoms with Gasteiger partial charge in [-0.1, -0.05) is 6.07 Å². The molecule has 122 valence electrons. The van der Waals surface area contributed by atoms with Crippen LogP contribution in [0.25, 0.3) is 0 Å². The van der Waals surface area contributed by atoms with Crippen LogP contribution in [0, 0.1) is 17.0 Å². The maximum Gasteiger partial charge on any atom is 0.311 e. The number of carbonyl (C=O) groups excluding carboxylic acids is 2. The third-order valence-electron chi connectivity index (χ3n) is 2.84. The fraction of sp³-hybridized carbons (Fsp3) is 0.500. The molecule has 0 aliphatic rings. The lowest BCUT2D eigenvalue weighted by Gasteiger charge is -2.21. The van der Waals surface area contributed by atoms with Crippen LogP contribution in [0.15, 0.2) is 18.2 Å². The van der Waals surface area contributed by atoms with E-state index in [1.807, 2.05) is 0 Å². The van der Waals surface area contributed by atoms with Gasteiger partial charge in [-0.25, -0.2) is 8.78 Å². The van der Waals surface area contributed by atoms with Gasteiger partial charge in [0.15, 0.2) is 0 Å². The molecule has 1 aromatic rings. The molecule has 0 aliphatic carbocycles. The second-order valence-corrected chi connectivity index (χ2v) is 5.98. The van der Waals surface area contributed by atoms with E-state index in [1.165, 1.54) is 13.0 Å². The Bertz CT molecular complexity index is 529. The van der Waals surface area contributed by atoms with Crippen molar-refractivity contribution in [1.29, 1.82) is 0 Å². The van der Waals surface area contributed by atoms with E-state index >= 15 is 0 Å². The first-order chi connectivity index (χ1) is 10.1. The van der Waals surface area contributed by atoms with Crippen molar-refractivity contribution in [2.45, 2.75) is 40.2 Å². The van der Waals surface area contributed by atoms with E-state index in [1.54, 1.807) is 20.8 Å². The maximum absolute atomic E-state index is 13.6. The lowest BCUT2D eigenvalue weighted by atomic mass is 9.97. The Morgan fingerprint density at radius 1 is 1.18 bits per heavy atom. The maximum atomic E-state index is 13.6. The number of hydrogen-bond donors (Lipinski definition) is 0. The summed E-state index contributed by atoms with van der Waals surface area (Å²) in [6.45, 7) is 5.94. The predicted molar refractivity (Wildman–Crippen MR) is 76.0 cm³/mol. The van der Waals surface area contributed by atoms with Crippen LogP contribution in [0.1, 0.15) is 33.3 Å². The van der Waals surface area contributed by atoms with Gasteiger partial charge in [-0.3, -0.25) is 9.59 Å². The van der Waals surface area contributed by atoms with E-state index in [-0.39, 0.29) is 18.6 Å². The van der Waals surface area contributed by atoms with Gasteiger partial charge in [0, 0.05) is 18.9 Å². The zero-order chi connectivity index (χ0) is 16.9. The molecule has 0 amide bonds. The highest BCUT2D eigenvalue weighted by Crippen LogP contribution is 2.18.